The Bertz CT molecular complexity index is 485. The molecule has 18 heavy (non-hydrogen) atoms. The number of sulfonamides is 1. The van der Waals surface area contributed by atoms with Gasteiger partial charge in [-0.2, -0.15) is 0 Å². The first kappa shape index (κ1) is 16.1. The van der Waals surface area contributed by atoms with Gasteiger partial charge in [0, 0.05) is 22.0 Å². The Labute approximate surface area is 122 Å². The zero-order chi connectivity index (χ0) is 13.8. The third-order valence-electron chi connectivity index (χ3n) is 2.24. The minimum absolute atomic E-state index is 0.0420. The van der Waals surface area contributed by atoms with Gasteiger partial charge in [-0.15, -0.1) is 11.6 Å². The number of nitrogens with one attached hydrogen (secondary N) is 1. The molecule has 0 bridgehead atoms. The first-order valence-corrected chi connectivity index (χ1v) is 8.12. The Morgan fingerprint density at radius 3 is 2.28 bits per heavy atom. The van der Waals surface area contributed by atoms with Crippen molar-refractivity contribution >= 4 is 44.8 Å². The van der Waals surface area contributed by atoms with Crippen LogP contribution in [-0.4, -0.2) is 20.3 Å². The van der Waals surface area contributed by atoms with Crippen molar-refractivity contribution in [3.63, 3.8) is 0 Å². The maximum Gasteiger partial charge on any atom is 0.240 e. The van der Waals surface area contributed by atoms with Gasteiger partial charge >= 0.3 is 0 Å². The standard InChI is InChI=1S/C11H14Cl3NO2S/c1-2-3-8(12)7-15-18(16,17)11-5-9(13)4-10(14)6-11/h4-6,8,15H,2-3,7H2,1H3. The molecular weight excluding hydrogens is 317 g/mol. The molecule has 0 aromatic heterocycles. The van der Waals surface area contributed by atoms with Crippen molar-refractivity contribution in [1.29, 1.82) is 0 Å². The molecule has 0 heterocycles. The molecule has 1 aromatic carbocycles. The summed E-state index contributed by atoms with van der Waals surface area (Å²) in [4.78, 5) is 0.0420. The molecule has 0 saturated carbocycles. The van der Waals surface area contributed by atoms with Gasteiger partial charge in [0.15, 0.2) is 0 Å². The fraction of sp³-hybridized carbons (Fsp3) is 0.455. The number of rotatable bonds is 6. The highest BCUT2D eigenvalue weighted by molar-refractivity contribution is 7.89. The second-order valence-corrected chi connectivity index (χ2v) is 7.10. The van der Waals surface area contributed by atoms with E-state index in [1.165, 1.54) is 18.2 Å². The zero-order valence-electron chi connectivity index (χ0n) is 9.79. The predicted molar refractivity (Wildman–Crippen MR) is 76.2 cm³/mol. The average Bonchev–Trinajstić information content (AvgIpc) is 2.26. The van der Waals surface area contributed by atoms with Crippen molar-refractivity contribution < 1.29 is 8.42 Å². The number of hydrogen-bond donors (Lipinski definition) is 1. The molecule has 3 nitrogen and oxygen atoms in total. The molecule has 0 aliphatic carbocycles. The van der Waals surface area contributed by atoms with Crippen molar-refractivity contribution in [2.24, 2.45) is 0 Å². The summed E-state index contributed by atoms with van der Waals surface area (Å²) in [5, 5.41) is 0.331. The molecule has 1 atom stereocenters. The van der Waals surface area contributed by atoms with Crippen molar-refractivity contribution in [1.82, 2.24) is 4.72 Å². The summed E-state index contributed by atoms with van der Waals surface area (Å²) >= 11 is 17.5. The Hall–Kier alpha value is -0.000000000000000111. The van der Waals surface area contributed by atoms with E-state index in [0.717, 1.165) is 12.8 Å². The molecule has 1 aromatic rings. The minimum atomic E-state index is -3.62. The van der Waals surface area contributed by atoms with Gasteiger partial charge in [0.1, 0.15) is 0 Å². The molecule has 1 N–H and O–H groups in total. The largest absolute Gasteiger partial charge is 0.240 e. The van der Waals surface area contributed by atoms with E-state index in [-0.39, 0.29) is 26.9 Å². The monoisotopic (exact) mass is 329 g/mol. The van der Waals surface area contributed by atoms with Crippen LogP contribution in [0.1, 0.15) is 19.8 Å². The molecule has 0 amide bonds. The molecule has 0 radical (unpaired) electrons. The van der Waals surface area contributed by atoms with Crippen molar-refractivity contribution in [2.75, 3.05) is 6.54 Å². The van der Waals surface area contributed by atoms with E-state index in [1.54, 1.807) is 0 Å². The highest BCUT2D eigenvalue weighted by Crippen LogP contribution is 2.22. The number of alkyl halides is 1. The summed E-state index contributed by atoms with van der Waals surface area (Å²) in [6, 6.07) is 4.17. The molecule has 1 unspecified atom stereocenters. The van der Waals surface area contributed by atoms with E-state index in [9.17, 15) is 8.42 Å². The van der Waals surface area contributed by atoms with Gasteiger partial charge in [-0.25, -0.2) is 13.1 Å². The van der Waals surface area contributed by atoms with Gasteiger partial charge in [-0.1, -0.05) is 36.5 Å². The number of halogens is 3. The molecule has 0 aliphatic heterocycles. The molecule has 1 rings (SSSR count). The SMILES string of the molecule is CCCC(Cl)CNS(=O)(=O)c1cc(Cl)cc(Cl)c1. The van der Waals surface area contributed by atoms with Crippen molar-refractivity contribution in [3.8, 4) is 0 Å². The molecule has 7 heteroatoms. The fourth-order valence-corrected chi connectivity index (χ4v) is 3.58. The lowest BCUT2D eigenvalue weighted by Gasteiger charge is -2.11. The fourth-order valence-electron chi connectivity index (χ4n) is 1.38. The quantitative estimate of drug-likeness (QED) is 0.809. The zero-order valence-corrected chi connectivity index (χ0v) is 12.9. The summed E-state index contributed by atoms with van der Waals surface area (Å²) in [6.07, 6.45) is 1.65. The van der Waals surface area contributed by atoms with Crippen LogP contribution in [0.25, 0.3) is 0 Å². The van der Waals surface area contributed by atoms with E-state index in [2.05, 4.69) is 4.72 Å². The summed E-state index contributed by atoms with van der Waals surface area (Å²) in [6.45, 7) is 2.17. The second-order valence-electron chi connectivity index (χ2n) is 3.84. The van der Waals surface area contributed by atoms with Crippen LogP contribution in [0.5, 0.6) is 0 Å². The topological polar surface area (TPSA) is 46.2 Å². The van der Waals surface area contributed by atoms with E-state index < -0.39 is 10.0 Å². The minimum Gasteiger partial charge on any atom is -0.210 e. The summed E-state index contributed by atoms with van der Waals surface area (Å²) < 4.78 is 26.4. The van der Waals surface area contributed by atoms with Crippen LogP contribution in [0.2, 0.25) is 10.0 Å². The molecule has 0 aliphatic rings. The molecule has 0 saturated heterocycles. The maximum atomic E-state index is 12.0. The molecule has 0 spiro atoms. The average molecular weight is 331 g/mol. The predicted octanol–water partition coefficient (Wildman–Crippen LogP) is 3.68. The Balaban J connectivity index is 2.80. The van der Waals surface area contributed by atoms with Crippen molar-refractivity contribution in [3.05, 3.63) is 28.2 Å². The van der Waals surface area contributed by atoms with Crippen LogP contribution in [0.15, 0.2) is 23.1 Å². The lowest BCUT2D eigenvalue weighted by atomic mass is 10.2. The van der Waals surface area contributed by atoms with Crippen LogP contribution in [-0.2, 0) is 10.0 Å². The van der Waals surface area contributed by atoms with Crippen molar-refractivity contribution in [2.45, 2.75) is 30.0 Å². The van der Waals surface area contributed by atoms with Crippen LogP contribution < -0.4 is 4.72 Å². The van der Waals surface area contributed by atoms with Gasteiger partial charge in [-0.05, 0) is 24.6 Å². The van der Waals surface area contributed by atoms with Gasteiger partial charge < -0.3 is 0 Å². The third kappa shape index (κ3) is 4.94. The summed E-state index contributed by atoms with van der Waals surface area (Å²) in [5.41, 5.74) is 0. The smallest absolute Gasteiger partial charge is 0.210 e. The van der Waals surface area contributed by atoms with Crippen LogP contribution in [0.3, 0.4) is 0 Å². The van der Waals surface area contributed by atoms with E-state index >= 15 is 0 Å². The van der Waals surface area contributed by atoms with Gasteiger partial charge in [0.25, 0.3) is 0 Å². The lowest BCUT2D eigenvalue weighted by molar-refractivity contribution is 0.577. The molecule has 0 fully saturated rings. The maximum absolute atomic E-state index is 12.0. The van der Waals surface area contributed by atoms with Crippen LogP contribution >= 0.6 is 34.8 Å². The highest BCUT2D eigenvalue weighted by Gasteiger charge is 2.16. The Morgan fingerprint density at radius 1 is 1.22 bits per heavy atom. The van der Waals surface area contributed by atoms with Gasteiger partial charge in [0.2, 0.25) is 10.0 Å². The Kier molecular flexibility index (Phi) is 6.21. The van der Waals surface area contributed by atoms with Crippen LogP contribution in [0.4, 0.5) is 0 Å². The number of benzene rings is 1. The third-order valence-corrected chi connectivity index (χ3v) is 4.46. The lowest BCUT2D eigenvalue weighted by Crippen LogP contribution is -2.29. The molecular formula is C11H14Cl3NO2S. The summed E-state index contributed by atoms with van der Waals surface area (Å²) in [7, 11) is -3.62. The van der Waals surface area contributed by atoms with E-state index in [1.807, 2.05) is 6.92 Å². The van der Waals surface area contributed by atoms with Gasteiger partial charge in [0.05, 0.1) is 4.90 Å². The number of hydrogen-bond acceptors (Lipinski definition) is 2. The summed E-state index contributed by atoms with van der Waals surface area (Å²) in [5.74, 6) is 0. The van der Waals surface area contributed by atoms with Gasteiger partial charge in [-0.3, -0.25) is 0 Å². The first-order chi connectivity index (χ1) is 8.35. The molecule has 102 valence electrons. The van der Waals surface area contributed by atoms with E-state index in [4.69, 9.17) is 34.8 Å². The normalized spacial score (nSPS) is 13.6. The first-order valence-electron chi connectivity index (χ1n) is 5.45. The van der Waals surface area contributed by atoms with Crippen LogP contribution in [0, 0.1) is 0 Å². The second kappa shape index (κ2) is 6.96. The Morgan fingerprint density at radius 2 is 1.78 bits per heavy atom. The van der Waals surface area contributed by atoms with E-state index in [0.29, 0.717) is 0 Å². The highest BCUT2D eigenvalue weighted by atomic mass is 35.5.